The average molecular weight is 491 g/mol. The van der Waals surface area contributed by atoms with E-state index < -0.39 is 6.04 Å². The molecule has 0 bridgehead atoms. The molecule has 0 aromatic heterocycles. The quantitative estimate of drug-likeness (QED) is 0.330. The second kappa shape index (κ2) is 14.0. The Morgan fingerprint density at radius 1 is 0.889 bits per heavy atom. The van der Waals surface area contributed by atoms with Crippen LogP contribution in [-0.4, -0.2) is 35.9 Å². The molecule has 3 aromatic rings. The lowest BCUT2D eigenvalue weighted by Gasteiger charge is -2.31. The largest absolute Gasteiger partial charge is 0.484 e. The molecule has 190 valence electrons. The molecule has 0 radical (unpaired) electrons. The summed E-state index contributed by atoms with van der Waals surface area (Å²) in [5.74, 6) is -0.288. The van der Waals surface area contributed by atoms with Crippen LogP contribution in [0.2, 0.25) is 0 Å². The molecule has 0 spiro atoms. The van der Waals surface area contributed by atoms with Crippen molar-refractivity contribution < 1.29 is 18.7 Å². The van der Waals surface area contributed by atoms with Gasteiger partial charge in [-0.15, -0.1) is 0 Å². The van der Waals surface area contributed by atoms with Gasteiger partial charge in [0, 0.05) is 19.5 Å². The minimum atomic E-state index is -0.743. The second-order valence-electron chi connectivity index (χ2n) is 8.78. The van der Waals surface area contributed by atoms with E-state index in [1.54, 1.807) is 17.0 Å². The highest BCUT2D eigenvalue weighted by atomic mass is 19.1. The van der Waals surface area contributed by atoms with Gasteiger partial charge in [-0.25, -0.2) is 4.39 Å². The second-order valence-corrected chi connectivity index (χ2v) is 8.78. The van der Waals surface area contributed by atoms with E-state index in [-0.39, 0.29) is 30.8 Å². The minimum Gasteiger partial charge on any atom is -0.484 e. The van der Waals surface area contributed by atoms with Crippen LogP contribution in [0.4, 0.5) is 4.39 Å². The standard InChI is InChI=1S/C30H35FN2O3/c1-3-5-19-32-30(35)28(20-24-9-7-6-8-10-24)33(21-25-11-15-26(31)16-12-25)29(34)22-36-27-17-13-23(4-2)14-18-27/h6-18,28H,3-5,19-22H2,1-2H3,(H,32,35). The Bertz CT molecular complexity index is 1090. The van der Waals surface area contributed by atoms with Gasteiger partial charge in [-0.3, -0.25) is 9.59 Å². The molecule has 0 heterocycles. The van der Waals surface area contributed by atoms with Crippen molar-refractivity contribution >= 4 is 11.8 Å². The Balaban J connectivity index is 1.85. The van der Waals surface area contributed by atoms with Crippen LogP contribution >= 0.6 is 0 Å². The third-order valence-electron chi connectivity index (χ3n) is 6.06. The highest BCUT2D eigenvalue weighted by molar-refractivity contribution is 5.88. The fraction of sp³-hybridized carbons (Fsp3) is 0.333. The van der Waals surface area contributed by atoms with Gasteiger partial charge in [-0.05, 0) is 53.8 Å². The lowest BCUT2D eigenvalue weighted by Crippen LogP contribution is -2.51. The highest BCUT2D eigenvalue weighted by Gasteiger charge is 2.30. The van der Waals surface area contributed by atoms with Crippen LogP contribution in [0.3, 0.4) is 0 Å². The molecule has 5 nitrogen and oxygen atoms in total. The maximum Gasteiger partial charge on any atom is 0.261 e. The molecule has 0 aliphatic rings. The number of carbonyl (C=O) groups excluding carboxylic acids is 2. The molecule has 1 unspecified atom stereocenters. The van der Waals surface area contributed by atoms with Gasteiger partial charge in [0.1, 0.15) is 17.6 Å². The first-order valence-corrected chi connectivity index (χ1v) is 12.6. The maximum atomic E-state index is 13.5. The molecule has 1 atom stereocenters. The third-order valence-corrected chi connectivity index (χ3v) is 6.06. The summed E-state index contributed by atoms with van der Waals surface area (Å²) in [5, 5.41) is 2.99. The number of nitrogens with zero attached hydrogens (tertiary/aromatic N) is 1. The van der Waals surface area contributed by atoms with E-state index in [0.29, 0.717) is 18.7 Å². The number of hydrogen-bond acceptors (Lipinski definition) is 3. The first kappa shape index (κ1) is 26.9. The predicted molar refractivity (Wildman–Crippen MR) is 140 cm³/mol. The average Bonchev–Trinajstić information content (AvgIpc) is 2.91. The monoisotopic (exact) mass is 490 g/mol. The van der Waals surface area contributed by atoms with Crippen molar-refractivity contribution in [1.29, 1.82) is 0 Å². The van der Waals surface area contributed by atoms with Gasteiger partial charge in [0.05, 0.1) is 0 Å². The van der Waals surface area contributed by atoms with E-state index in [0.717, 1.165) is 30.4 Å². The van der Waals surface area contributed by atoms with Crippen molar-refractivity contribution in [1.82, 2.24) is 10.2 Å². The van der Waals surface area contributed by atoms with Gasteiger partial charge >= 0.3 is 0 Å². The zero-order chi connectivity index (χ0) is 25.8. The summed E-state index contributed by atoms with van der Waals surface area (Å²) >= 11 is 0. The number of carbonyl (C=O) groups is 2. The van der Waals surface area contributed by atoms with Gasteiger partial charge < -0.3 is 15.0 Å². The summed E-state index contributed by atoms with van der Waals surface area (Å²) < 4.78 is 19.3. The number of aryl methyl sites for hydroxylation is 1. The van der Waals surface area contributed by atoms with E-state index in [9.17, 15) is 14.0 Å². The SMILES string of the molecule is CCCCNC(=O)C(Cc1ccccc1)N(Cc1ccc(F)cc1)C(=O)COc1ccc(CC)cc1. The number of nitrogens with one attached hydrogen (secondary N) is 1. The van der Waals surface area contributed by atoms with Crippen LogP contribution in [0.25, 0.3) is 0 Å². The molecular weight excluding hydrogens is 455 g/mol. The fourth-order valence-corrected chi connectivity index (χ4v) is 3.90. The topological polar surface area (TPSA) is 58.6 Å². The molecule has 0 aliphatic heterocycles. The fourth-order valence-electron chi connectivity index (χ4n) is 3.90. The van der Waals surface area contributed by atoms with E-state index in [4.69, 9.17) is 4.74 Å². The molecule has 3 rings (SSSR count). The van der Waals surface area contributed by atoms with Crippen LogP contribution in [0.5, 0.6) is 5.75 Å². The normalized spacial score (nSPS) is 11.5. The van der Waals surface area contributed by atoms with Crippen LogP contribution < -0.4 is 10.1 Å². The number of unbranched alkanes of at least 4 members (excludes halogenated alkanes) is 1. The summed E-state index contributed by atoms with van der Waals surface area (Å²) in [4.78, 5) is 28.4. The van der Waals surface area contributed by atoms with E-state index in [2.05, 4.69) is 19.2 Å². The predicted octanol–water partition coefficient (Wildman–Crippen LogP) is 5.32. The molecule has 3 aromatic carbocycles. The van der Waals surface area contributed by atoms with Crippen molar-refractivity contribution in [3.63, 3.8) is 0 Å². The van der Waals surface area contributed by atoms with E-state index >= 15 is 0 Å². The molecule has 6 heteroatoms. The molecule has 1 N–H and O–H groups in total. The molecule has 0 saturated carbocycles. The first-order valence-electron chi connectivity index (χ1n) is 12.6. The van der Waals surface area contributed by atoms with Crippen molar-refractivity contribution in [2.75, 3.05) is 13.2 Å². The minimum absolute atomic E-state index is 0.163. The van der Waals surface area contributed by atoms with Crippen molar-refractivity contribution in [2.24, 2.45) is 0 Å². The number of benzene rings is 3. The Labute approximate surface area is 213 Å². The number of rotatable bonds is 13. The van der Waals surface area contributed by atoms with Crippen LogP contribution in [0.1, 0.15) is 43.4 Å². The summed E-state index contributed by atoms with van der Waals surface area (Å²) in [6, 6.07) is 22.5. The van der Waals surface area contributed by atoms with Crippen LogP contribution in [0, 0.1) is 5.82 Å². The van der Waals surface area contributed by atoms with Crippen molar-refractivity contribution in [3.05, 3.63) is 101 Å². The van der Waals surface area contributed by atoms with Crippen molar-refractivity contribution in [3.8, 4) is 5.75 Å². The number of halogens is 1. The highest BCUT2D eigenvalue weighted by Crippen LogP contribution is 2.17. The number of amides is 2. The van der Waals surface area contributed by atoms with Gasteiger partial charge in [0.15, 0.2) is 6.61 Å². The smallest absolute Gasteiger partial charge is 0.261 e. The number of ether oxygens (including phenoxy) is 1. The maximum absolute atomic E-state index is 13.5. The third kappa shape index (κ3) is 8.22. The van der Waals surface area contributed by atoms with Crippen LogP contribution in [-0.2, 0) is 29.0 Å². The Hall–Kier alpha value is -3.67. The van der Waals surface area contributed by atoms with Crippen LogP contribution in [0.15, 0.2) is 78.9 Å². The summed E-state index contributed by atoms with van der Waals surface area (Å²) in [7, 11) is 0. The van der Waals surface area contributed by atoms with E-state index in [1.807, 2.05) is 54.6 Å². The zero-order valence-corrected chi connectivity index (χ0v) is 21.1. The molecular formula is C30H35FN2O3. The molecule has 0 aliphatic carbocycles. The molecule has 0 saturated heterocycles. The first-order chi connectivity index (χ1) is 17.5. The van der Waals surface area contributed by atoms with Gasteiger partial charge in [0.2, 0.25) is 5.91 Å². The Morgan fingerprint density at radius 3 is 2.19 bits per heavy atom. The summed E-state index contributed by atoms with van der Waals surface area (Å²) in [5.41, 5.74) is 2.86. The lowest BCUT2D eigenvalue weighted by atomic mass is 10.0. The molecule has 2 amide bonds. The molecule has 36 heavy (non-hydrogen) atoms. The van der Waals surface area contributed by atoms with Gasteiger partial charge in [-0.2, -0.15) is 0 Å². The van der Waals surface area contributed by atoms with Crippen molar-refractivity contribution in [2.45, 2.75) is 52.1 Å². The zero-order valence-electron chi connectivity index (χ0n) is 21.1. The van der Waals surface area contributed by atoms with E-state index in [1.165, 1.54) is 17.7 Å². The van der Waals surface area contributed by atoms with Gasteiger partial charge in [0.25, 0.3) is 5.91 Å². The lowest BCUT2D eigenvalue weighted by molar-refractivity contribution is -0.142. The van der Waals surface area contributed by atoms with Gasteiger partial charge in [-0.1, -0.05) is 74.9 Å². The summed E-state index contributed by atoms with van der Waals surface area (Å²) in [6.07, 6.45) is 3.08. The Kier molecular flexibility index (Phi) is 10.5. The molecule has 0 fully saturated rings. The Morgan fingerprint density at radius 2 is 1.56 bits per heavy atom. The number of hydrogen-bond donors (Lipinski definition) is 1. The summed E-state index contributed by atoms with van der Waals surface area (Å²) in [6.45, 7) is 4.63.